The number of hydrogen-bond donors (Lipinski definition) is 1. The first-order chi connectivity index (χ1) is 16.2. The number of aryl methyl sites for hydroxylation is 1. The van der Waals surface area contributed by atoms with Crippen LogP contribution in [0.5, 0.6) is 0 Å². The van der Waals surface area contributed by atoms with E-state index in [0.29, 0.717) is 17.0 Å². The van der Waals surface area contributed by atoms with Crippen molar-refractivity contribution in [2.45, 2.75) is 13.5 Å². The van der Waals surface area contributed by atoms with E-state index in [0.717, 1.165) is 55.5 Å². The summed E-state index contributed by atoms with van der Waals surface area (Å²) in [4.78, 5) is 15.7. The first-order valence-electron chi connectivity index (χ1n) is 11.1. The lowest BCUT2D eigenvalue weighted by Crippen LogP contribution is -2.35. The summed E-state index contributed by atoms with van der Waals surface area (Å²) in [5, 5.41) is 7.71. The molecule has 4 aromatic rings. The highest BCUT2D eigenvalue weighted by atomic mass is 16.5. The summed E-state index contributed by atoms with van der Waals surface area (Å²) in [6.45, 7) is 6.06. The molecule has 1 amide bonds. The molecule has 0 spiro atoms. The largest absolute Gasteiger partial charge is 0.460 e. The fraction of sp³-hybridized carbons (Fsp3) is 0.231. The topological polar surface area (TPSA) is 72.5 Å². The van der Waals surface area contributed by atoms with Gasteiger partial charge in [0.15, 0.2) is 5.76 Å². The summed E-state index contributed by atoms with van der Waals surface area (Å²) in [5.41, 5.74) is 3.73. The van der Waals surface area contributed by atoms with Gasteiger partial charge in [-0.25, -0.2) is 4.68 Å². The number of anilines is 1. The molecule has 2 aromatic carbocycles. The summed E-state index contributed by atoms with van der Waals surface area (Å²) >= 11 is 0. The summed E-state index contributed by atoms with van der Waals surface area (Å²) in [5.74, 6) is 1.10. The molecule has 168 valence electrons. The number of benzene rings is 2. The maximum atomic E-state index is 13.3. The minimum Gasteiger partial charge on any atom is -0.460 e. The molecular weight excluding hydrogens is 416 g/mol. The van der Waals surface area contributed by atoms with E-state index in [4.69, 9.17) is 9.15 Å². The maximum absolute atomic E-state index is 13.3. The van der Waals surface area contributed by atoms with Crippen LogP contribution in [0.25, 0.3) is 17.1 Å². The van der Waals surface area contributed by atoms with Crippen LogP contribution in [0.15, 0.2) is 77.3 Å². The molecule has 0 radical (unpaired) electrons. The maximum Gasteiger partial charge on any atom is 0.259 e. The molecule has 1 aliphatic heterocycles. The summed E-state index contributed by atoms with van der Waals surface area (Å²) < 4.78 is 12.9. The zero-order chi connectivity index (χ0) is 22.6. The minimum atomic E-state index is -0.232. The van der Waals surface area contributed by atoms with Crippen molar-refractivity contribution in [3.05, 3.63) is 89.8 Å². The van der Waals surface area contributed by atoms with Crippen LogP contribution in [0.1, 0.15) is 21.7 Å². The Hall–Kier alpha value is -3.68. The lowest BCUT2D eigenvalue weighted by atomic mass is 10.1. The van der Waals surface area contributed by atoms with Gasteiger partial charge in [0.2, 0.25) is 0 Å². The molecule has 7 heteroatoms. The van der Waals surface area contributed by atoms with E-state index >= 15 is 0 Å². The summed E-state index contributed by atoms with van der Waals surface area (Å²) in [7, 11) is 0. The van der Waals surface area contributed by atoms with Crippen LogP contribution < -0.4 is 5.32 Å². The van der Waals surface area contributed by atoms with Gasteiger partial charge < -0.3 is 14.5 Å². The number of nitrogens with zero attached hydrogens (tertiary/aromatic N) is 3. The molecule has 0 aliphatic carbocycles. The zero-order valence-electron chi connectivity index (χ0n) is 18.5. The Morgan fingerprint density at radius 2 is 1.85 bits per heavy atom. The molecule has 33 heavy (non-hydrogen) atoms. The predicted molar refractivity (Wildman–Crippen MR) is 126 cm³/mol. The Kier molecular flexibility index (Phi) is 6.06. The second kappa shape index (κ2) is 9.44. The van der Waals surface area contributed by atoms with Gasteiger partial charge >= 0.3 is 0 Å². The Balaban J connectivity index is 1.41. The predicted octanol–water partition coefficient (Wildman–Crippen LogP) is 4.53. The van der Waals surface area contributed by atoms with Crippen LogP contribution in [0.2, 0.25) is 0 Å². The van der Waals surface area contributed by atoms with E-state index in [1.165, 1.54) is 0 Å². The molecule has 0 saturated carbocycles. The molecule has 1 aliphatic rings. The molecule has 2 aromatic heterocycles. The highest BCUT2D eigenvalue weighted by molar-refractivity contribution is 6.07. The highest BCUT2D eigenvalue weighted by Crippen LogP contribution is 2.27. The van der Waals surface area contributed by atoms with Crippen molar-refractivity contribution in [3.8, 4) is 17.1 Å². The van der Waals surface area contributed by atoms with Crippen molar-refractivity contribution in [1.82, 2.24) is 14.7 Å². The van der Waals surface area contributed by atoms with Gasteiger partial charge in [-0.2, -0.15) is 5.10 Å². The summed E-state index contributed by atoms with van der Waals surface area (Å²) in [6, 6.07) is 21.4. The molecule has 0 unspecified atom stereocenters. The number of furan rings is 1. The fourth-order valence-electron chi connectivity index (χ4n) is 3.96. The number of hydrogen-bond acceptors (Lipinski definition) is 5. The van der Waals surface area contributed by atoms with Gasteiger partial charge in [0, 0.05) is 31.5 Å². The van der Waals surface area contributed by atoms with E-state index in [1.807, 2.05) is 67.6 Å². The Morgan fingerprint density at radius 1 is 1.03 bits per heavy atom. The number of rotatable bonds is 6. The third-order valence-electron chi connectivity index (χ3n) is 5.65. The first-order valence-corrected chi connectivity index (χ1v) is 11.1. The number of ether oxygens (including phenoxy) is 1. The quantitative estimate of drug-likeness (QED) is 0.475. The molecule has 0 atom stereocenters. The normalized spacial score (nSPS) is 14.3. The number of aromatic nitrogens is 2. The van der Waals surface area contributed by atoms with E-state index in [2.05, 4.69) is 21.4 Å². The Morgan fingerprint density at radius 3 is 2.61 bits per heavy atom. The monoisotopic (exact) mass is 442 g/mol. The van der Waals surface area contributed by atoms with Crippen molar-refractivity contribution < 1.29 is 13.9 Å². The highest BCUT2D eigenvalue weighted by Gasteiger charge is 2.21. The van der Waals surface area contributed by atoms with Gasteiger partial charge in [0.05, 0.1) is 24.5 Å². The van der Waals surface area contributed by atoms with Gasteiger partial charge in [0.1, 0.15) is 11.5 Å². The molecular formula is C26H26N4O3. The average molecular weight is 443 g/mol. The van der Waals surface area contributed by atoms with Gasteiger partial charge in [-0.15, -0.1) is 0 Å². The number of carbonyl (C=O) groups is 1. The SMILES string of the molecule is Cc1ccc(-c2nn(-c3ccccc3)cc2C(=O)Nc2cccc(CN3CCOCC3)c2)o1. The van der Waals surface area contributed by atoms with E-state index in [1.54, 1.807) is 10.9 Å². The number of nitrogens with one attached hydrogen (secondary N) is 1. The van der Waals surface area contributed by atoms with Crippen LogP contribution in [-0.4, -0.2) is 46.9 Å². The number of carbonyl (C=O) groups excluding carboxylic acids is 1. The molecule has 5 rings (SSSR count). The van der Waals surface area contributed by atoms with Crippen LogP contribution >= 0.6 is 0 Å². The minimum absolute atomic E-state index is 0.232. The van der Waals surface area contributed by atoms with E-state index in [9.17, 15) is 4.79 Å². The van der Waals surface area contributed by atoms with E-state index in [-0.39, 0.29) is 5.91 Å². The van der Waals surface area contributed by atoms with Crippen LogP contribution in [-0.2, 0) is 11.3 Å². The molecule has 1 fully saturated rings. The Bertz CT molecular complexity index is 1240. The lowest BCUT2D eigenvalue weighted by Gasteiger charge is -2.26. The lowest BCUT2D eigenvalue weighted by molar-refractivity contribution is 0.0342. The second-order valence-electron chi connectivity index (χ2n) is 8.12. The van der Waals surface area contributed by atoms with Crippen molar-refractivity contribution in [1.29, 1.82) is 0 Å². The standard InChI is InChI=1S/C26H26N4O3/c1-19-10-11-24(33-19)25-23(18-30(28-25)22-8-3-2-4-9-22)26(31)27-21-7-5-6-20(16-21)17-29-12-14-32-15-13-29/h2-11,16,18H,12-15,17H2,1H3,(H,27,31). The van der Waals surface area contributed by atoms with Crippen molar-refractivity contribution in [2.24, 2.45) is 0 Å². The van der Waals surface area contributed by atoms with Gasteiger partial charge in [-0.1, -0.05) is 30.3 Å². The van der Waals surface area contributed by atoms with Crippen LogP contribution in [0, 0.1) is 6.92 Å². The van der Waals surface area contributed by atoms with Crippen molar-refractivity contribution in [2.75, 3.05) is 31.6 Å². The molecule has 7 nitrogen and oxygen atoms in total. The Labute approximate surface area is 192 Å². The number of para-hydroxylation sites is 1. The third kappa shape index (κ3) is 4.89. The number of amides is 1. The molecule has 1 N–H and O–H groups in total. The smallest absolute Gasteiger partial charge is 0.259 e. The molecule has 0 bridgehead atoms. The second-order valence-corrected chi connectivity index (χ2v) is 8.12. The van der Waals surface area contributed by atoms with Gasteiger partial charge in [-0.05, 0) is 48.9 Å². The zero-order valence-corrected chi connectivity index (χ0v) is 18.5. The van der Waals surface area contributed by atoms with Gasteiger partial charge in [0.25, 0.3) is 5.91 Å². The summed E-state index contributed by atoms with van der Waals surface area (Å²) in [6.07, 6.45) is 1.75. The van der Waals surface area contributed by atoms with E-state index < -0.39 is 0 Å². The first kappa shape index (κ1) is 21.2. The van der Waals surface area contributed by atoms with Crippen LogP contribution in [0.3, 0.4) is 0 Å². The molecule has 1 saturated heterocycles. The van der Waals surface area contributed by atoms with Crippen LogP contribution in [0.4, 0.5) is 5.69 Å². The number of morpholine rings is 1. The fourth-order valence-corrected chi connectivity index (χ4v) is 3.96. The molecule has 3 heterocycles. The third-order valence-corrected chi connectivity index (χ3v) is 5.65. The van der Waals surface area contributed by atoms with Crippen molar-refractivity contribution >= 4 is 11.6 Å². The van der Waals surface area contributed by atoms with Gasteiger partial charge in [-0.3, -0.25) is 9.69 Å². The van der Waals surface area contributed by atoms with Crippen molar-refractivity contribution in [3.63, 3.8) is 0 Å². The average Bonchev–Trinajstić information content (AvgIpc) is 3.47.